The molecule has 0 aliphatic carbocycles. The summed E-state index contributed by atoms with van der Waals surface area (Å²) in [5, 5.41) is 7.37. The SMILES string of the molecule is CCNC(=O)CCc1c(C)nn(COCC[Si](C)(C)C)c1C. The maximum Gasteiger partial charge on any atom is 0.220 e. The van der Waals surface area contributed by atoms with Gasteiger partial charge in [0.1, 0.15) is 6.73 Å². The Morgan fingerprint density at radius 1 is 1.32 bits per heavy atom. The van der Waals surface area contributed by atoms with E-state index in [9.17, 15) is 4.79 Å². The van der Waals surface area contributed by atoms with Crippen molar-refractivity contribution in [2.75, 3.05) is 13.2 Å². The van der Waals surface area contributed by atoms with Crippen molar-refractivity contribution in [1.82, 2.24) is 15.1 Å². The molecular formula is C16H31N3O2Si. The summed E-state index contributed by atoms with van der Waals surface area (Å²) in [6, 6.07) is 1.16. The highest BCUT2D eigenvalue weighted by molar-refractivity contribution is 6.76. The van der Waals surface area contributed by atoms with E-state index in [1.54, 1.807) is 0 Å². The molecule has 1 aromatic rings. The summed E-state index contributed by atoms with van der Waals surface area (Å²) in [6.07, 6.45) is 1.25. The molecule has 0 saturated carbocycles. The van der Waals surface area contributed by atoms with Crippen molar-refractivity contribution in [2.24, 2.45) is 0 Å². The molecule has 0 unspecified atom stereocenters. The monoisotopic (exact) mass is 325 g/mol. The zero-order valence-electron chi connectivity index (χ0n) is 15.0. The zero-order chi connectivity index (χ0) is 16.8. The van der Waals surface area contributed by atoms with E-state index in [4.69, 9.17) is 4.74 Å². The van der Waals surface area contributed by atoms with Crippen LogP contribution in [0.1, 0.15) is 30.3 Å². The van der Waals surface area contributed by atoms with E-state index >= 15 is 0 Å². The summed E-state index contributed by atoms with van der Waals surface area (Å²) in [4.78, 5) is 11.6. The lowest BCUT2D eigenvalue weighted by Crippen LogP contribution is -2.23. The first kappa shape index (κ1) is 18.9. The van der Waals surface area contributed by atoms with Crippen LogP contribution in [0.2, 0.25) is 25.7 Å². The Morgan fingerprint density at radius 2 is 2.00 bits per heavy atom. The summed E-state index contributed by atoms with van der Waals surface area (Å²) >= 11 is 0. The van der Waals surface area contributed by atoms with Crippen molar-refractivity contribution in [1.29, 1.82) is 0 Å². The molecule has 0 bridgehead atoms. The van der Waals surface area contributed by atoms with Gasteiger partial charge >= 0.3 is 0 Å². The van der Waals surface area contributed by atoms with Crippen molar-refractivity contribution >= 4 is 14.0 Å². The topological polar surface area (TPSA) is 56.2 Å². The number of hydrogen-bond acceptors (Lipinski definition) is 3. The maximum atomic E-state index is 11.6. The summed E-state index contributed by atoms with van der Waals surface area (Å²) < 4.78 is 7.67. The quantitative estimate of drug-likeness (QED) is 0.561. The smallest absolute Gasteiger partial charge is 0.220 e. The van der Waals surface area contributed by atoms with Gasteiger partial charge in [0.2, 0.25) is 5.91 Å². The van der Waals surface area contributed by atoms with E-state index in [1.807, 2.05) is 18.5 Å². The third-order valence-corrected chi connectivity index (χ3v) is 5.42. The van der Waals surface area contributed by atoms with Crippen molar-refractivity contribution in [3.05, 3.63) is 17.0 Å². The molecule has 0 fully saturated rings. The van der Waals surface area contributed by atoms with Gasteiger partial charge in [0, 0.05) is 33.3 Å². The van der Waals surface area contributed by atoms with Crippen LogP contribution in [-0.2, 0) is 22.7 Å². The normalized spacial score (nSPS) is 11.7. The average molecular weight is 326 g/mol. The van der Waals surface area contributed by atoms with Gasteiger partial charge < -0.3 is 10.1 Å². The third-order valence-electron chi connectivity index (χ3n) is 3.72. The molecule has 6 heteroatoms. The fourth-order valence-corrected chi connectivity index (χ4v) is 3.03. The predicted molar refractivity (Wildman–Crippen MR) is 92.8 cm³/mol. The molecule has 0 aliphatic heterocycles. The van der Waals surface area contributed by atoms with Crippen molar-refractivity contribution in [2.45, 2.75) is 66.0 Å². The second kappa shape index (κ2) is 8.48. The highest BCUT2D eigenvalue weighted by Gasteiger charge is 2.14. The molecule has 0 aromatic carbocycles. The summed E-state index contributed by atoms with van der Waals surface area (Å²) in [5.74, 6) is 0.0976. The van der Waals surface area contributed by atoms with Gasteiger partial charge in [0.25, 0.3) is 0 Å². The van der Waals surface area contributed by atoms with E-state index in [-0.39, 0.29) is 5.91 Å². The molecule has 0 radical (unpaired) electrons. The third kappa shape index (κ3) is 6.32. The number of nitrogens with one attached hydrogen (secondary N) is 1. The van der Waals surface area contributed by atoms with Gasteiger partial charge in [-0.1, -0.05) is 19.6 Å². The Bertz CT molecular complexity index is 492. The number of amides is 1. The van der Waals surface area contributed by atoms with Gasteiger partial charge in [-0.25, -0.2) is 4.68 Å². The van der Waals surface area contributed by atoms with E-state index in [0.717, 1.165) is 30.5 Å². The minimum Gasteiger partial charge on any atom is -0.360 e. The Hall–Kier alpha value is -1.14. The number of rotatable bonds is 9. The van der Waals surface area contributed by atoms with Gasteiger partial charge in [-0.05, 0) is 38.8 Å². The molecule has 1 amide bonds. The van der Waals surface area contributed by atoms with Crippen molar-refractivity contribution in [3.8, 4) is 0 Å². The molecule has 0 atom stereocenters. The molecule has 1 aromatic heterocycles. The number of ether oxygens (including phenoxy) is 1. The Labute approximate surface area is 135 Å². The lowest BCUT2D eigenvalue weighted by molar-refractivity contribution is -0.120. The minimum atomic E-state index is -1.05. The Morgan fingerprint density at radius 3 is 2.59 bits per heavy atom. The number of carbonyl (C=O) groups excluding carboxylic acids is 1. The second-order valence-electron chi connectivity index (χ2n) is 6.95. The number of carbonyl (C=O) groups is 1. The van der Waals surface area contributed by atoms with Crippen LogP contribution in [-0.4, -0.2) is 36.9 Å². The molecular weight excluding hydrogens is 294 g/mol. The minimum absolute atomic E-state index is 0.0976. The van der Waals surface area contributed by atoms with E-state index in [0.29, 0.717) is 19.7 Å². The lowest BCUT2D eigenvalue weighted by atomic mass is 10.1. The molecule has 22 heavy (non-hydrogen) atoms. The summed E-state index contributed by atoms with van der Waals surface area (Å²) in [6.45, 7) is 15.0. The van der Waals surface area contributed by atoms with Crippen LogP contribution in [0.25, 0.3) is 0 Å². The van der Waals surface area contributed by atoms with Gasteiger partial charge in [0.05, 0.1) is 5.69 Å². The largest absolute Gasteiger partial charge is 0.360 e. The standard InChI is InChI=1S/C16H31N3O2Si/c1-7-17-16(20)9-8-15-13(2)18-19(14(15)3)12-21-10-11-22(4,5)6/h7-12H2,1-6H3,(H,17,20). The molecule has 0 spiro atoms. The number of aryl methyl sites for hydroxylation is 1. The van der Waals surface area contributed by atoms with Crippen LogP contribution in [0.3, 0.4) is 0 Å². The highest BCUT2D eigenvalue weighted by Crippen LogP contribution is 2.15. The molecule has 126 valence electrons. The average Bonchev–Trinajstić information content (AvgIpc) is 2.67. The number of hydrogen-bond donors (Lipinski definition) is 1. The molecule has 1 rings (SSSR count). The first-order valence-corrected chi connectivity index (χ1v) is 11.8. The summed E-state index contributed by atoms with van der Waals surface area (Å²) in [7, 11) is -1.05. The van der Waals surface area contributed by atoms with Crippen LogP contribution in [0.5, 0.6) is 0 Å². The van der Waals surface area contributed by atoms with Crippen LogP contribution >= 0.6 is 0 Å². The Kier molecular flexibility index (Phi) is 7.29. The number of aromatic nitrogens is 2. The fraction of sp³-hybridized carbons (Fsp3) is 0.750. The maximum absolute atomic E-state index is 11.6. The molecule has 1 N–H and O–H groups in total. The fourth-order valence-electron chi connectivity index (χ4n) is 2.27. The summed E-state index contributed by atoms with van der Waals surface area (Å²) in [5.41, 5.74) is 3.27. The van der Waals surface area contributed by atoms with E-state index < -0.39 is 8.07 Å². The van der Waals surface area contributed by atoms with Crippen LogP contribution < -0.4 is 5.32 Å². The van der Waals surface area contributed by atoms with Crippen molar-refractivity contribution < 1.29 is 9.53 Å². The first-order chi connectivity index (χ1) is 10.2. The first-order valence-electron chi connectivity index (χ1n) is 8.12. The second-order valence-corrected chi connectivity index (χ2v) is 12.6. The van der Waals surface area contributed by atoms with Gasteiger partial charge in [0.15, 0.2) is 0 Å². The molecule has 1 heterocycles. The molecule has 0 saturated heterocycles. The zero-order valence-corrected chi connectivity index (χ0v) is 16.0. The Balaban J connectivity index is 2.53. The van der Waals surface area contributed by atoms with E-state index in [2.05, 4.69) is 37.0 Å². The van der Waals surface area contributed by atoms with Gasteiger partial charge in [-0.3, -0.25) is 4.79 Å². The lowest BCUT2D eigenvalue weighted by Gasteiger charge is -2.15. The van der Waals surface area contributed by atoms with Crippen LogP contribution in [0, 0.1) is 13.8 Å². The van der Waals surface area contributed by atoms with Gasteiger partial charge in [-0.2, -0.15) is 5.10 Å². The molecule has 5 nitrogen and oxygen atoms in total. The predicted octanol–water partition coefficient (Wildman–Crippen LogP) is 2.88. The van der Waals surface area contributed by atoms with Crippen LogP contribution in [0.15, 0.2) is 0 Å². The van der Waals surface area contributed by atoms with Crippen molar-refractivity contribution in [3.63, 3.8) is 0 Å². The molecule has 0 aliphatic rings. The van der Waals surface area contributed by atoms with Gasteiger partial charge in [-0.15, -0.1) is 0 Å². The van der Waals surface area contributed by atoms with Crippen LogP contribution in [0.4, 0.5) is 0 Å². The highest BCUT2D eigenvalue weighted by atomic mass is 28.3. The number of nitrogens with zero attached hydrogens (tertiary/aromatic N) is 2. The van der Waals surface area contributed by atoms with E-state index in [1.165, 1.54) is 5.56 Å².